The molecule has 0 bridgehead atoms. The Bertz CT molecular complexity index is 759. The summed E-state index contributed by atoms with van der Waals surface area (Å²) in [4.78, 5) is 29.1. The molecule has 0 fully saturated rings. The topological polar surface area (TPSA) is 124 Å². The molecule has 1 aromatic rings. The van der Waals surface area contributed by atoms with Crippen molar-refractivity contribution < 1.29 is 23.8 Å². The zero-order valence-electron chi connectivity index (χ0n) is 18.1. The van der Waals surface area contributed by atoms with Gasteiger partial charge in [0, 0.05) is 29.5 Å². The number of benzene rings is 1. The highest BCUT2D eigenvalue weighted by Crippen LogP contribution is 2.19. The number of carbonyl (C=O) groups is 2. The normalized spacial score (nSPS) is 15.6. The Hall–Kier alpha value is -1.98. The molecule has 10 heteroatoms. The maximum atomic E-state index is 12.4. The van der Waals surface area contributed by atoms with Crippen molar-refractivity contribution in [2.45, 2.75) is 19.1 Å². The van der Waals surface area contributed by atoms with Gasteiger partial charge in [0.2, 0.25) is 0 Å². The van der Waals surface area contributed by atoms with Gasteiger partial charge in [-0.05, 0) is 30.7 Å². The van der Waals surface area contributed by atoms with Crippen LogP contribution in [0.5, 0.6) is 0 Å². The minimum atomic E-state index is -0.216. The fourth-order valence-electron chi connectivity index (χ4n) is 2.73. The van der Waals surface area contributed by atoms with Crippen molar-refractivity contribution in [2.75, 3.05) is 59.3 Å². The Kier molecular flexibility index (Phi) is 11.5. The Balaban J connectivity index is 1.64. The van der Waals surface area contributed by atoms with E-state index in [4.69, 9.17) is 19.9 Å². The van der Waals surface area contributed by atoms with Crippen LogP contribution in [0.2, 0.25) is 0 Å². The van der Waals surface area contributed by atoms with Crippen LogP contribution in [0.15, 0.2) is 23.2 Å². The quantitative estimate of drug-likeness (QED) is 0.381. The zero-order valence-corrected chi connectivity index (χ0v) is 19.0. The highest BCUT2D eigenvalue weighted by molar-refractivity contribution is 8.14. The van der Waals surface area contributed by atoms with Crippen LogP contribution >= 0.6 is 11.8 Å². The highest BCUT2D eigenvalue weighted by Gasteiger charge is 2.19. The van der Waals surface area contributed by atoms with Crippen LogP contribution in [0.4, 0.5) is 0 Å². The maximum absolute atomic E-state index is 12.4. The molecule has 2 amide bonds. The minimum absolute atomic E-state index is 0.212. The number of hydrogen-bond donors (Lipinski definition) is 3. The van der Waals surface area contributed by atoms with Gasteiger partial charge in [-0.2, -0.15) is 0 Å². The molecular weight excluding hydrogens is 420 g/mol. The average molecular weight is 453 g/mol. The minimum Gasteiger partial charge on any atom is -0.378 e. The number of hydrogen-bond acceptors (Lipinski definition) is 8. The molecule has 1 aliphatic heterocycles. The van der Waals surface area contributed by atoms with E-state index >= 15 is 0 Å². The lowest BCUT2D eigenvalue weighted by Crippen LogP contribution is -2.29. The fraction of sp³-hybridized carbons (Fsp3) is 0.571. The van der Waals surface area contributed by atoms with Crippen molar-refractivity contribution >= 4 is 28.7 Å². The molecule has 172 valence electrons. The number of nitrogens with zero attached hydrogens (tertiary/aromatic N) is 1. The van der Waals surface area contributed by atoms with Crippen LogP contribution in [0, 0.1) is 6.92 Å². The third kappa shape index (κ3) is 9.36. The molecule has 1 unspecified atom stereocenters. The summed E-state index contributed by atoms with van der Waals surface area (Å²) in [5, 5.41) is 6.65. The lowest BCUT2D eigenvalue weighted by molar-refractivity contribution is 0.0166. The number of thioether (sulfide) groups is 1. The Morgan fingerprint density at radius 2 is 1.77 bits per heavy atom. The second-order valence-electron chi connectivity index (χ2n) is 6.94. The van der Waals surface area contributed by atoms with Gasteiger partial charge in [-0.25, -0.2) is 0 Å². The van der Waals surface area contributed by atoms with Gasteiger partial charge in [-0.3, -0.25) is 14.6 Å². The first-order valence-corrected chi connectivity index (χ1v) is 11.2. The van der Waals surface area contributed by atoms with E-state index in [0.29, 0.717) is 80.8 Å². The van der Waals surface area contributed by atoms with Crippen LogP contribution < -0.4 is 16.4 Å². The predicted octanol–water partition coefficient (Wildman–Crippen LogP) is 0.954. The van der Waals surface area contributed by atoms with Crippen LogP contribution in [-0.4, -0.2) is 81.5 Å². The van der Waals surface area contributed by atoms with Gasteiger partial charge >= 0.3 is 0 Å². The number of amidine groups is 1. The van der Waals surface area contributed by atoms with E-state index in [9.17, 15) is 9.59 Å². The van der Waals surface area contributed by atoms with E-state index in [2.05, 4.69) is 22.5 Å². The summed E-state index contributed by atoms with van der Waals surface area (Å²) < 4.78 is 16.0. The number of carbonyl (C=O) groups excluding carboxylic acids is 2. The van der Waals surface area contributed by atoms with Crippen LogP contribution in [0.25, 0.3) is 0 Å². The molecule has 4 N–H and O–H groups in total. The van der Waals surface area contributed by atoms with Crippen molar-refractivity contribution in [3.8, 4) is 0 Å². The first kappa shape index (κ1) is 25.3. The largest absolute Gasteiger partial charge is 0.378 e. The zero-order chi connectivity index (χ0) is 22.5. The van der Waals surface area contributed by atoms with Gasteiger partial charge in [-0.15, -0.1) is 0 Å². The van der Waals surface area contributed by atoms with E-state index < -0.39 is 0 Å². The molecule has 31 heavy (non-hydrogen) atoms. The summed E-state index contributed by atoms with van der Waals surface area (Å²) in [5.41, 5.74) is 7.06. The number of rotatable bonds is 13. The first-order valence-electron chi connectivity index (χ1n) is 10.4. The smallest absolute Gasteiger partial charge is 0.257 e. The van der Waals surface area contributed by atoms with Crippen molar-refractivity contribution in [1.82, 2.24) is 10.6 Å². The number of nitrogens with one attached hydrogen (secondary N) is 2. The third-order valence-electron chi connectivity index (χ3n) is 4.30. The average Bonchev–Trinajstić information content (AvgIpc) is 3.16. The van der Waals surface area contributed by atoms with Crippen LogP contribution in [-0.2, 0) is 14.2 Å². The van der Waals surface area contributed by atoms with Crippen molar-refractivity contribution in [3.05, 3.63) is 34.9 Å². The second kappa shape index (κ2) is 14.2. The molecular formula is C21H32N4O5S. The summed E-state index contributed by atoms with van der Waals surface area (Å²) in [6, 6.07) is 5.01. The Labute approximate surface area is 187 Å². The number of nitrogens with two attached hydrogens (primary N) is 1. The number of amides is 2. The molecule has 0 radical (unpaired) electrons. The highest BCUT2D eigenvalue weighted by atomic mass is 32.2. The van der Waals surface area contributed by atoms with Gasteiger partial charge in [-0.1, -0.05) is 18.7 Å². The van der Waals surface area contributed by atoms with Crippen molar-refractivity contribution in [3.63, 3.8) is 0 Å². The summed E-state index contributed by atoms with van der Waals surface area (Å²) in [7, 11) is 0. The van der Waals surface area contributed by atoms with E-state index in [0.717, 1.165) is 5.56 Å². The van der Waals surface area contributed by atoms with E-state index in [1.165, 1.54) is 0 Å². The summed E-state index contributed by atoms with van der Waals surface area (Å²) in [5.74, 6) is -0.428. The van der Waals surface area contributed by atoms with Crippen LogP contribution in [0.1, 0.15) is 33.2 Å². The lowest BCUT2D eigenvalue weighted by Gasteiger charge is -2.10. The summed E-state index contributed by atoms with van der Waals surface area (Å²) >= 11 is 1.55. The van der Waals surface area contributed by atoms with Crippen LogP contribution in [0.3, 0.4) is 0 Å². The molecule has 9 nitrogen and oxygen atoms in total. The maximum Gasteiger partial charge on any atom is 0.257 e. The summed E-state index contributed by atoms with van der Waals surface area (Å²) in [6.07, 6.45) is 0. The van der Waals surface area contributed by atoms with E-state index in [1.807, 2.05) is 6.92 Å². The Morgan fingerprint density at radius 3 is 2.39 bits per heavy atom. The molecule has 1 aliphatic rings. The SMILES string of the molecule is Cc1cc(C(=O)NCCOCCOCCOCCN)ccc1C(=O)NC1=NCC(C)S1. The lowest BCUT2D eigenvalue weighted by atomic mass is 10.0. The standard InChI is InChI=1S/C21H32N4O5S/c1-15-13-17(3-4-18(15)20(27)25-21-24-14-16(2)31-21)19(26)23-6-8-29-10-12-30-11-9-28-7-5-22/h3-4,13,16H,5-12,14,22H2,1-2H3,(H,23,26)(H,24,25,27). The molecule has 1 aromatic carbocycles. The van der Waals surface area contributed by atoms with Gasteiger partial charge in [0.15, 0.2) is 5.17 Å². The molecule has 0 aliphatic carbocycles. The molecule has 0 saturated heterocycles. The molecule has 0 saturated carbocycles. The first-order chi connectivity index (χ1) is 15.0. The molecule has 1 atom stereocenters. The molecule has 0 aromatic heterocycles. The number of ether oxygens (including phenoxy) is 3. The van der Waals surface area contributed by atoms with Gasteiger partial charge in [0.05, 0.1) is 46.2 Å². The second-order valence-corrected chi connectivity index (χ2v) is 8.37. The fourth-order valence-corrected chi connectivity index (χ4v) is 3.56. The molecule has 0 spiro atoms. The number of aryl methyl sites for hydroxylation is 1. The summed E-state index contributed by atoms with van der Waals surface area (Å²) in [6.45, 7) is 8.30. The molecule has 1 heterocycles. The van der Waals surface area contributed by atoms with Gasteiger partial charge in [0.25, 0.3) is 11.8 Å². The predicted molar refractivity (Wildman–Crippen MR) is 122 cm³/mol. The van der Waals surface area contributed by atoms with Crippen molar-refractivity contribution in [2.24, 2.45) is 10.7 Å². The van der Waals surface area contributed by atoms with Crippen molar-refractivity contribution in [1.29, 1.82) is 0 Å². The molecule has 2 rings (SSSR count). The Morgan fingerprint density at radius 1 is 1.10 bits per heavy atom. The third-order valence-corrected chi connectivity index (χ3v) is 5.30. The number of aliphatic imine (C=N–C) groups is 1. The monoisotopic (exact) mass is 452 g/mol. The van der Waals surface area contributed by atoms with Gasteiger partial charge in [0.1, 0.15) is 0 Å². The van der Waals surface area contributed by atoms with E-state index in [-0.39, 0.29) is 11.8 Å². The van der Waals surface area contributed by atoms with E-state index in [1.54, 1.807) is 30.0 Å². The van der Waals surface area contributed by atoms with Gasteiger partial charge < -0.3 is 30.6 Å².